The minimum absolute atomic E-state index is 0.224. The smallest absolute Gasteiger partial charge is 0.249 e. The molecule has 1 saturated heterocycles. The summed E-state index contributed by atoms with van der Waals surface area (Å²) in [5.74, 6) is 2.69. The highest BCUT2D eigenvalue weighted by Gasteiger charge is 2.17. The molecule has 1 aliphatic rings. The summed E-state index contributed by atoms with van der Waals surface area (Å²) in [5, 5.41) is 2.79. The van der Waals surface area contributed by atoms with Crippen molar-refractivity contribution >= 4 is 23.6 Å². The van der Waals surface area contributed by atoms with Crippen LogP contribution in [0.2, 0.25) is 0 Å². The molecular weight excluding hydrogens is 328 g/mol. The van der Waals surface area contributed by atoms with E-state index in [2.05, 4.69) is 27.1 Å². The van der Waals surface area contributed by atoms with Crippen LogP contribution in [0.5, 0.6) is 5.75 Å². The van der Waals surface area contributed by atoms with Crippen molar-refractivity contribution in [1.82, 2.24) is 9.97 Å². The zero-order valence-corrected chi connectivity index (χ0v) is 15.2. The molecular formula is C20H24N4O2. The SMILES string of the molecule is COc1ccc(/C=C/C(=O)Nc2cc(N3CCC(C)CC3)ncn2)cc1. The second-order valence-electron chi connectivity index (χ2n) is 6.53. The van der Waals surface area contributed by atoms with Crippen molar-refractivity contribution in [3.05, 3.63) is 48.3 Å². The summed E-state index contributed by atoms with van der Waals surface area (Å²) in [5.41, 5.74) is 0.923. The van der Waals surface area contributed by atoms with Gasteiger partial charge in [-0.1, -0.05) is 19.1 Å². The van der Waals surface area contributed by atoms with E-state index in [1.54, 1.807) is 13.2 Å². The van der Waals surface area contributed by atoms with Crippen molar-refractivity contribution in [1.29, 1.82) is 0 Å². The van der Waals surface area contributed by atoms with E-state index < -0.39 is 0 Å². The Morgan fingerprint density at radius 2 is 1.96 bits per heavy atom. The van der Waals surface area contributed by atoms with Crippen molar-refractivity contribution in [3.63, 3.8) is 0 Å². The summed E-state index contributed by atoms with van der Waals surface area (Å²) < 4.78 is 5.12. The van der Waals surface area contributed by atoms with Crippen LogP contribution in [-0.2, 0) is 4.79 Å². The maximum Gasteiger partial charge on any atom is 0.249 e. The molecule has 6 heteroatoms. The highest BCUT2D eigenvalue weighted by atomic mass is 16.5. The standard InChI is InChI=1S/C20H24N4O2/c1-15-9-11-24(12-10-15)19-13-18(21-14-22-19)23-20(25)8-5-16-3-6-17(26-2)7-4-16/h3-8,13-15H,9-12H2,1-2H3,(H,21,22,23,25)/b8-5+. The van der Waals surface area contributed by atoms with Gasteiger partial charge in [0.05, 0.1) is 7.11 Å². The van der Waals surface area contributed by atoms with Gasteiger partial charge in [-0.2, -0.15) is 0 Å². The van der Waals surface area contributed by atoms with Gasteiger partial charge in [-0.3, -0.25) is 4.79 Å². The van der Waals surface area contributed by atoms with Crippen LogP contribution >= 0.6 is 0 Å². The van der Waals surface area contributed by atoms with E-state index in [1.807, 2.05) is 30.3 Å². The average molecular weight is 352 g/mol. The molecule has 2 heterocycles. The van der Waals surface area contributed by atoms with Crippen LogP contribution in [0, 0.1) is 5.92 Å². The Labute approximate surface area is 153 Å². The molecule has 0 saturated carbocycles. The van der Waals surface area contributed by atoms with Gasteiger partial charge in [0.25, 0.3) is 0 Å². The van der Waals surface area contributed by atoms with Gasteiger partial charge < -0.3 is 15.0 Å². The first-order valence-corrected chi connectivity index (χ1v) is 8.84. The number of amides is 1. The van der Waals surface area contributed by atoms with Crippen molar-refractivity contribution in [3.8, 4) is 5.75 Å². The maximum atomic E-state index is 12.1. The average Bonchev–Trinajstić information content (AvgIpc) is 2.67. The predicted molar refractivity (Wildman–Crippen MR) is 103 cm³/mol. The molecule has 0 bridgehead atoms. The molecule has 0 spiro atoms. The van der Waals surface area contributed by atoms with Gasteiger partial charge in [0.1, 0.15) is 23.7 Å². The lowest BCUT2D eigenvalue weighted by Gasteiger charge is -2.31. The first-order chi connectivity index (χ1) is 12.6. The molecule has 136 valence electrons. The van der Waals surface area contributed by atoms with Gasteiger partial charge in [0.2, 0.25) is 5.91 Å². The summed E-state index contributed by atoms with van der Waals surface area (Å²) in [4.78, 5) is 22.9. The minimum Gasteiger partial charge on any atom is -0.497 e. The number of hydrogen-bond acceptors (Lipinski definition) is 5. The summed E-state index contributed by atoms with van der Waals surface area (Å²) in [7, 11) is 1.62. The number of hydrogen-bond donors (Lipinski definition) is 1. The van der Waals surface area contributed by atoms with Crippen molar-refractivity contribution in [2.75, 3.05) is 30.4 Å². The molecule has 0 unspecified atom stereocenters. The van der Waals surface area contributed by atoms with E-state index in [-0.39, 0.29) is 5.91 Å². The normalized spacial score (nSPS) is 15.2. The zero-order chi connectivity index (χ0) is 18.4. The number of benzene rings is 1. The number of carbonyl (C=O) groups is 1. The van der Waals surface area contributed by atoms with E-state index in [0.29, 0.717) is 5.82 Å². The molecule has 26 heavy (non-hydrogen) atoms. The van der Waals surface area contributed by atoms with Crippen molar-refractivity contribution in [2.45, 2.75) is 19.8 Å². The molecule has 0 radical (unpaired) electrons. The Morgan fingerprint density at radius 3 is 2.65 bits per heavy atom. The maximum absolute atomic E-state index is 12.1. The van der Waals surface area contributed by atoms with Crippen LogP contribution in [0.4, 0.5) is 11.6 Å². The Kier molecular flexibility index (Phi) is 5.84. The van der Waals surface area contributed by atoms with Gasteiger partial charge in [-0.25, -0.2) is 9.97 Å². The Bertz CT molecular complexity index is 766. The predicted octanol–water partition coefficient (Wildman–Crippen LogP) is 3.37. The van der Waals surface area contributed by atoms with Gasteiger partial charge in [-0.05, 0) is 42.5 Å². The van der Waals surface area contributed by atoms with Crippen molar-refractivity contribution < 1.29 is 9.53 Å². The number of nitrogens with one attached hydrogen (secondary N) is 1. The number of ether oxygens (including phenoxy) is 1. The van der Waals surface area contributed by atoms with Gasteiger partial charge in [0.15, 0.2) is 0 Å². The molecule has 6 nitrogen and oxygen atoms in total. The fourth-order valence-electron chi connectivity index (χ4n) is 2.88. The van der Waals surface area contributed by atoms with E-state index in [9.17, 15) is 4.79 Å². The fourth-order valence-corrected chi connectivity index (χ4v) is 2.88. The topological polar surface area (TPSA) is 67.3 Å². The number of methoxy groups -OCH3 is 1. The Morgan fingerprint density at radius 1 is 1.23 bits per heavy atom. The van der Waals surface area contributed by atoms with Crippen LogP contribution in [0.3, 0.4) is 0 Å². The highest BCUT2D eigenvalue weighted by molar-refractivity contribution is 6.01. The lowest BCUT2D eigenvalue weighted by Crippen LogP contribution is -2.33. The number of anilines is 2. The number of piperidine rings is 1. The Hall–Kier alpha value is -2.89. The van der Waals surface area contributed by atoms with Crippen LogP contribution in [0.25, 0.3) is 6.08 Å². The molecule has 1 amide bonds. The summed E-state index contributed by atoms with van der Waals surface area (Å²) in [6.07, 6.45) is 7.07. The van der Waals surface area contributed by atoms with Crippen LogP contribution in [-0.4, -0.2) is 36.1 Å². The Balaban J connectivity index is 1.60. The molecule has 1 aliphatic heterocycles. The summed E-state index contributed by atoms with van der Waals surface area (Å²) in [6, 6.07) is 9.32. The number of nitrogens with zero attached hydrogens (tertiary/aromatic N) is 3. The third-order valence-corrected chi connectivity index (χ3v) is 4.55. The molecule has 0 aliphatic carbocycles. The third-order valence-electron chi connectivity index (χ3n) is 4.55. The first-order valence-electron chi connectivity index (χ1n) is 8.84. The highest BCUT2D eigenvalue weighted by Crippen LogP contribution is 2.22. The van der Waals surface area contributed by atoms with Gasteiger partial charge in [-0.15, -0.1) is 0 Å². The van der Waals surface area contributed by atoms with Crippen molar-refractivity contribution in [2.24, 2.45) is 5.92 Å². The molecule has 1 N–H and O–H groups in total. The van der Waals surface area contributed by atoms with Gasteiger partial charge >= 0.3 is 0 Å². The van der Waals surface area contributed by atoms with E-state index in [1.165, 1.54) is 12.4 Å². The number of aromatic nitrogens is 2. The molecule has 1 aromatic carbocycles. The largest absolute Gasteiger partial charge is 0.497 e. The van der Waals surface area contributed by atoms with Gasteiger partial charge in [0, 0.05) is 25.2 Å². The lowest BCUT2D eigenvalue weighted by atomic mass is 9.99. The minimum atomic E-state index is -0.224. The second kappa shape index (κ2) is 8.47. The number of rotatable bonds is 5. The summed E-state index contributed by atoms with van der Waals surface area (Å²) >= 11 is 0. The van der Waals surface area contributed by atoms with Crippen LogP contribution < -0.4 is 15.0 Å². The van der Waals surface area contributed by atoms with E-state index >= 15 is 0 Å². The fraction of sp³-hybridized carbons (Fsp3) is 0.350. The lowest BCUT2D eigenvalue weighted by molar-refractivity contribution is -0.111. The van der Waals surface area contributed by atoms with E-state index in [4.69, 9.17) is 4.74 Å². The molecule has 2 aromatic rings. The van der Waals surface area contributed by atoms with E-state index in [0.717, 1.165) is 49.0 Å². The van der Waals surface area contributed by atoms with Crippen LogP contribution in [0.1, 0.15) is 25.3 Å². The molecule has 3 rings (SSSR count). The number of carbonyl (C=O) groups excluding carboxylic acids is 1. The summed E-state index contributed by atoms with van der Waals surface area (Å²) in [6.45, 7) is 4.25. The third kappa shape index (κ3) is 4.81. The zero-order valence-electron chi connectivity index (χ0n) is 15.2. The molecule has 1 aromatic heterocycles. The first kappa shape index (κ1) is 17.9. The molecule has 0 atom stereocenters. The van der Waals surface area contributed by atoms with Crippen LogP contribution in [0.15, 0.2) is 42.7 Å². The quantitative estimate of drug-likeness (QED) is 0.836. The monoisotopic (exact) mass is 352 g/mol. The second-order valence-corrected chi connectivity index (χ2v) is 6.53. The molecule has 1 fully saturated rings.